The molecule has 0 N–H and O–H groups in total. The summed E-state index contributed by atoms with van der Waals surface area (Å²) < 4.78 is 0.927. The largest absolute Gasteiger partial charge is 0.305 e. The molecule has 1 aliphatic heterocycles. The third-order valence-electron chi connectivity index (χ3n) is 3.22. The standard InChI is InChI=1S/C12H17BrN2OS/c1-14(2)9-3-5-15(7-9)8-11(16)12-10(13)4-6-17-12/h4,6,9H,3,5,7-8H2,1-2H3. The summed E-state index contributed by atoms with van der Waals surface area (Å²) in [6.45, 7) is 2.57. The van der Waals surface area contributed by atoms with Crippen molar-refractivity contribution < 1.29 is 4.79 Å². The van der Waals surface area contributed by atoms with Crippen molar-refractivity contribution in [2.24, 2.45) is 0 Å². The molecule has 1 fully saturated rings. The van der Waals surface area contributed by atoms with Crippen molar-refractivity contribution in [1.29, 1.82) is 0 Å². The van der Waals surface area contributed by atoms with Crippen LogP contribution >= 0.6 is 27.3 Å². The van der Waals surface area contributed by atoms with Gasteiger partial charge in [-0.3, -0.25) is 9.69 Å². The topological polar surface area (TPSA) is 23.6 Å². The minimum atomic E-state index is 0.228. The van der Waals surface area contributed by atoms with Crippen LogP contribution in [-0.2, 0) is 0 Å². The summed E-state index contributed by atoms with van der Waals surface area (Å²) >= 11 is 4.93. The Kier molecular flexibility index (Phi) is 4.36. The molecule has 1 atom stereocenters. The average Bonchev–Trinajstić information content (AvgIpc) is 2.86. The molecule has 1 aromatic heterocycles. The van der Waals surface area contributed by atoms with Gasteiger partial charge in [0.05, 0.1) is 11.4 Å². The first-order valence-electron chi connectivity index (χ1n) is 5.73. The molecule has 94 valence electrons. The quantitative estimate of drug-likeness (QED) is 0.797. The lowest BCUT2D eigenvalue weighted by Crippen LogP contribution is -2.33. The molecule has 1 aromatic rings. The Bertz CT molecular complexity index is 405. The van der Waals surface area contributed by atoms with Gasteiger partial charge in [0, 0.05) is 23.6 Å². The molecular formula is C12H17BrN2OS. The van der Waals surface area contributed by atoms with E-state index in [9.17, 15) is 4.79 Å². The summed E-state index contributed by atoms with van der Waals surface area (Å²) in [6.07, 6.45) is 1.16. The number of carbonyl (C=O) groups excluding carboxylic acids is 1. The zero-order valence-corrected chi connectivity index (χ0v) is 12.6. The molecule has 1 saturated heterocycles. The first-order chi connectivity index (χ1) is 8.08. The summed E-state index contributed by atoms with van der Waals surface area (Å²) in [4.78, 5) is 17.4. The van der Waals surface area contributed by atoms with Gasteiger partial charge in [-0.2, -0.15) is 0 Å². The number of hydrogen-bond donors (Lipinski definition) is 0. The number of carbonyl (C=O) groups is 1. The molecule has 3 nitrogen and oxygen atoms in total. The third-order valence-corrected chi connectivity index (χ3v) is 5.09. The van der Waals surface area contributed by atoms with Crippen LogP contribution in [0.2, 0.25) is 0 Å². The lowest BCUT2D eigenvalue weighted by molar-refractivity contribution is 0.0945. The Morgan fingerprint density at radius 1 is 1.65 bits per heavy atom. The summed E-state index contributed by atoms with van der Waals surface area (Å²) in [5.41, 5.74) is 0. The molecule has 0 saturated carbocycles. The molecule has 2 heterocycles. The van der Waals surface area contributed by atoms with E-state index in [1.807, 2.05) is 11.4 Å². The predicted octanol–water partition coefficient (Wildman–Crippen LogP) is 2.33. The van der Waals surface area contributed by atoms with E-state index in [2.05, 4.69) is 39.8 Å². The molecule has 5 heteroatoms. The number of rotatable bonds is 4. The maximum absolute atomic E-state index is 12.1. The molecule has 0 aromatic carbocycles. The van der Waals surface area contributed by atoms with Gasteiger partial charge in [0.1, 0.15) is 0 Å². The third kappa shape index (κ3) is 3.16. The van der Waals surface area contributed by atoms with Crippen LogP contribution in [0.1, 0.15) is 16.1 Å². The summed E-state index contributed by atoms with van der Waals surface area (Å²) in [7, 11) is 4.21. The minimum Gasteiger partial charge on any atom is -0.305 e. The maximum Gasteiger partial charge on any atom is 0.187 e. The fourth-order valence-electron chi connectivity index (χ4n) is 2.14. The van der Waals surface area contributed by atoms with Crippen LogP contribution < -0.4 is 0 Å². The predicted molar refractivity (Wildman–Crippen MR) is 74.9 cm³/mol. The smallest absolute Gasteiger partial charge is 0.187 e. The van der Waals surface area contributed by atoms with Gasteiger partial charge in [-0.05, 0) is 47.9 Å². The van der Waals surface area contributed by atoms with Gasteiger partial charge in [-0.15, -0.1) is 11.3 Å². The highest BCUT2D eigenvalue weighted by Gasteiger charge is 2.26. The van der Waals surface area contributed by atoms with E-state index in [0.29, 0.717) is 12.6 Å². The SMILES string of the molecule is CN(C)C1CCN(CC(=O)c2sccc2Br)C1. The number of likely N-dealkylation sites (tertiary alicyclic amines) is 1. The van der Waals surface area contributed by atoms with Crippen LogP contribution in [-0.4, -0.2) is 55.4 Å². The molecule has 0 aliphatic carbocycles. The summed E-state index contributed by atoms with van der Waals surface area (Å²) in [5.74, 6) is 0.228. The van der Waals surface area contributed by atoms with Gasteiger partial charge in [0.2, 0.25) is 0 Å². The van der Waals surface area contributed by atoms with E-state index < -0.39 is 0 Å². The number of ketones is 1. The average molecular weight is 317 g/mol. The lowest BCUT2D eigenvalue weighted by atomic mass is 10.2. The van der Waals surface area contributed by atoms with E-state index >= 15 is 0 Å². The minimum absolute atomic E-state index is 0.228. The second kappa shape index (κ2) is 5.61. The highest BCUT2D eigenvalue weighted by molar-refractivity contribution is 9.10. The highest BCUT2D eigenvalue weighted by atomic mass is 79.9. The highest BCUT2D eigenvalue weighted by Crippen LogP contribution is 2.24. The summed E-state index contributed by atoms with van der Waals surface area (Å²) in [5, 5.41) is 1.95. The molecule has 0 amide bonds. The van der Waals surface area contributed by atoms with Crippen molar-refractivity contribution in [2.45, 2.75) is 12.5 Å². The van der Waals surface area contributed by atoms with Crippen molar-refractivity contribution in [2.75, 3.05) is 33.7 Å². The number of likely N-dealkylation sites (N-methyl/N-ethyl adjacent to an activating group) is 1. The Balaban J connectivity index is 1.91. The Morgan fingerprint density at radius 3 is 2.94 bits per heavy atom. The monoisotopic (exact) mass is 316 g/mol. The molecule has 1 unspecified atom stereocenters. The maximum atomic E-state index is 12.1. The van der Waals surface area contributed by atoms with Crippen LogP contribution in [0.25, 0.3) is 0 Å². The van der Waals surface area contributed by atoms with Gasteiger partial charge >= 0.3 is 0 Å². The molecule has 1 aliphatic rings. The van der Waals surface area contributed by atoms with E-state index in [1.54, 1.807) is 0 Å². The van der Waals surface area contributed by atoms with Gasteiger partial charge in [-0.1, -0.05) is 0 Å². The van der Waals surface area contributed by atoms with Crippen molar-refractivity contribution in [3.63, 3.8) is 0 Å². The van der Waals surface area contributed by atoms with E-state index in [0.717, 1.165) is 28.9 Å². The van der Waals surface area contributed by atoms with Crippen molar-refractivity contribution in [1.82, 2.24) is 9.80 Å². The van der Waals surface area contributed by atoms with Crippen LogP contribution in [0.3, 0.4) is 0 Å². The van der Waals surface area contributed by atoms with Crippen LogP contribution in [0.15, 0.2) is 15.9 Å². The first-order valence-corrected chi connectivity index (χ1v) is 7.40. The van der Waals surface area contributed by atoms with Gasteiger partial charge < -0.3 is 4.90 Å². The van der Waals surface area contributed by atoms with E-state index in [-0.39, 0.29) is 5.78 Å². The Morgan fingerprint density at radius 2 is 2.41 bits per heavy atom. The second-order valence-electron chi connectivity index (χ2n) is 4.66. The molecule has 0 radical (unpaired) electrons. The number of nitrogens with zero attached hydrogens (tertiary/aromatic N) is 2. The molecule has 17 heavy (non-hydrogen) atoms. The fraction of sp³-hybridized carbons (Fsp3) is 0.583. The fourth-order valence-corrected chi connectivity index (χ4v) is 3.67. The van der Waals surface area contributed by atoms with Crippen molar-refractivity contribution >= 4 is 33.0 Å². The molecular weight excluding hydrogens is 300 g/mol. The summed E-state index contributed by atoms with van der Waals surface area (Å²) in [6, 6.07) is 2.53. The Hall–Kier alpha value is -0.230. The first kappa shape index (κ1) is 13.2. The molecule has 2 rings (SSSR count). The number of thiophene rings is 1. The number of halogens is 1. The van der Waals surface area contributed by atoms with Gasteiger partial charge in [0.25, 0.3) is 0 Å². The van der Waals surface area contributed by atoms with E-state index in [1.165, 1.54) is 11.3 Å². The van der Waals surface area contributed by atoms with Gasteiger partial charge in [-0.25, -0.2) is 0 Å². The van der Waals surface area contributed by atoms with Gasteiger partial charge in [0.15, 0.2) is 5.78 Å². The molecule has 0 bridgehead atoms. The van der Waals surface area contributed by atoms with E-state index in [4.69, 9.17) is 0 Å². The molecule has 0 spiro atoms. The zero-order chi connectivity index (χ0) is 12.4. The number of Topliss-reactive ketones (excluding diaryl/α,β-unsaturated/α-hetero) is 1. The lowest BCUT2D eigenvalue weighted by Gasteiger charge is -2.19. The van der Waals surface area contributed by atoms with Crippen LogP contribution in [0.5, 0.6) is 0 Å². The van der Waals surface area contributed by atoms with Crippen LogP contribution in [0.4, 0.5) is 0 Å². The van der Waals surface area contributed by atoms with Crippen molar-refractivity contribution in [3.8, 4) is 0 Å². The van der Waals surface area contributed by atoms with Crippen molar-refractivity contribution in [3.05, 3.63) is 20.8 Å². The normalized spacial score (nSPS) is 21.3. The van der Waals surface area contributed by atoms with Crippen LogP contribution in [0, 0.1) is 0 Å². The zero-order valence-electron chi connectivity index (χ0n) is 10.1. The Labute approximate surface area is 115 Å². The second-order valence-corrected chi connectivity index (χ2v) is 6.43. The number of hydrogen-bond acceptors (Lipinski definition) is 4.